The molecule has 0 unspecified atom stereocenters. The number of nitrogens with zero attached hydrogens (tertiary/aromatic N) is 2. The van der Waals surface area contributed by atoms with Crippen molar-refractivity contribution in [1.29, 1.82) is 0 Å². The number of aliphatic hydroxyl groups excluding tert-OH is 1. The number of fused-ring (bicyclic) bond motifs is 2. The highest BCUT2D eigenvalue weighted by atomic mass is 16.5. The van der Waals surface area contributed by atoms with Crippen LogP contribution < -0.4 is 0 Å². The first-order valence-electron chi connectivity index (χ1n) is 10.3. The van der Waals surface area contributed by atoms with Gasteiger partial charge in [-0.3, -0.25) is 0 Å². The topological polar surface area (TPSA) is 81.0 Å². The fourth-order valence-corrected chi connectivity index (χ4v) is 5.33. The Hall–Kier alpha value is -3.06. The zero-order valence-corrected chi connectivity index (χ0v) is 18.5. The Kier molecular flexibility index (Phi) is 5.39. The summed E-state index contributed by atoms with van der Waals surface area (Å²) in [5.41, 5.74) is 5.92. The molecule has 2 aliphatic carbocycles. The van der Waals surface area contributed by atoms with Crippen molar-refractivity contribution in [1.82, 2.24) is 9.47 Å². The van der Waals surface area contributed by atoms with Gasteiger partial charge in [0.25, 0.3) is 0 Å². The SMILES string of the molecule is COC(=O)C1=CN(C)[C@@H](c2cc(C)c3cn(C)cc(C(=O)OC)c2-3)[C@@H]2C(CO)=CC[C@H]12. The number of rotatable bonds is 4. The Morgan fingerprint density at radius 1 is 1.16 bits per heavy atom. The summed E-state index contributed by atoms with van der Waals surface area (Å²) in [6.45, 7) is 1.96. The van der Waals surface area contributed by atoms with Crippen molar-refractivity contribution in [2.24, 2.45) is 18.9 Å². The molecule has 1 N–H and O–H groups in total. The van der Waals surface area contributed by atoms with Gasteiger partial charge in [0.2, 0.25) is 0 Å². The summed E-state index contributed by atoms with van der Waals surface area (Å²) in [6, 6.07) is 1.96. The number of pyridine rings is 1. The van der Waals surface area contributed by atoms with Crippen LogP contribution in [0, 0.1) is 18.8 Å². The molecular weight excluding hydrogens is 396 g/mol. The highest BCUT2D eigenvalue weighted by Crippen LogP contribution is 2.53. The highest BCUT2D eigenvalue weighted by Gasteiger charge is 2.46. The Labute approximate surface area is 181 Å². The van der Waals surface area contributed by atoms with E-state index in [1.54, 1.807) is 6.20 Å². The number of carbonyl (C=O) groups excluding carboxylic acids is 2. The first-order valence-corrected chi connectivity index (χ1v) is 10.3. The lowest BCUT2D eigenvalue weighted by atomic mass is 9.74. The molecule has 31 heavy (non-hydrogen) atoms. The van der Waals surface area contributed by atoms with Crippen molar-refractivity contribution >= 4 is 11.9 Å². The smallest absolute Gasteiger partial charge is 0.339 e. The molecule has 0 bridgehead atoms. The van der Waals surface area contributed by atoms with E-state index < -0.39 is 5.97 Å². The van der Waals surface area contributed by atoms with Crippen LogP contribution in [-0.2, 0) is 21.3 Å². The number of hydrogen-bond acceptors (Lipinski definition) is 6. The Bertz CT molecular complexity index is 1080. The van der Waals surface area contributed by atoms with E-state index in [2.05, 4.69) is 6.07 Å². The van der Waals surface area contributed by atoms with Gasteiger partial charge in [-0.05, 0) is 30.0 Å². The number of hydrogen-bond donors (Lipinski definition) is 1. The van der Waals surface area contributed by atoms with Gasteiger partial charge in [0.15, 0.2) is 0 Å². The van der Waals surface area contributed by atoms with E-state index >= 15 is 0 Å². The molecule has 2 heterocycles. The maximum absolute atomic E-state index is 12.7. The average Bonchev–Trinajstić information content (AvgIpc) is 3.33. The van der Waals surface area contributed by atoms with E-state index in [0.717, 1.165) is 27.8 Å². The first-order chi connectivity index (χ1) is 14.8. The van der Waals surface area contributed by atoms with E-state index in [4.69, 9.17) is 9.47 Å². The predicted octanol–water partition coefficient (Wildman–Crippen LogP) is 2.82. The van der Waals surface area contributed by atoms with Crippen LogP contribution in [0.25, 0.3) is 11.1 Å². The summed E-state index contributed by atoms with van der Waals surface area (Å²) in [4.78, 5) is 27.1. The van der Waals surface area contributed by atoms with Crippen molar-refractivity contribution in [3.8, 4) is 11.1 Å². The van der Waals surface area contributed by atoms with Crippen molar-refractivity contribution in [2.75, 3.05) is 27.9 Å². The lowest BCUT2D eigenvalue weighted by Gasteiger charge is -2.42. The summed E-state index contributed by atoms with van der Waals surface area (Å²) >= 11 is 0. The third-order valence-electron chi connectivity index (χ3n) is 6.63. The second-order valence-electron chi connectivity index (χ2n) is 8.39. The summed E-state index contributed by atoms with van der Waals surface area (Å²) < 4.78 is 12.0. The molecule has 0 aromatic rings. The van der Waals surface area contributed by atoms with E-state index in [9.17, 15) is 14.7 Å². The number of aliphatic hydroxyl groups is 1. The quantitative estimate of drug-likeness (QED) is 0.601. The van der Waals surface area contributed by atoms with Gasteiger partial charge in [0.1, 0.15) is 0 Å². The molecule has 0 saturated heterocycles. The van der Waals surface area contributed by atoms with Gasteiger partial charge in [-0.1, -0.05) is 12.1 Å². The van der Waals surface area contributed by atoms with Crippen LogP contribution in [0.3, 0.4) is 0 Å². The standard InChI is InChI=1S/C24H28N2O5/c1-13-8-16(21-17(13)9-25(2)10-19(21)24(29)31-5)22-20-14(12-27)6-7-15(20)18(11-26(22)3)23(28)30-4/h6,8-11,15,20,22,27H,7,12H2,1-5H3/t15-,20-,22+/m1/s1. The Morgan fingerprint density at radius 3 is 2.52 bits per heavy atom. The molecule has 2 aliphatic heterocycles. The predicted molar refractivity (Wildman–Crippen MR) is 115 cm³/mol. The molecule has 164 valence electrons. The van der Waals surface area contributed by atoms with Gasteiger partial charge in [-0.25, -0.2) is 9.59 Å². The Morgan fingerprint density at radius 2 is 1.87 bits per heavy atom. The second kappa shape index (κ2) is 7.89. The summed E-state index contributed by atoms with van der Waals surface area (Å²) in [6.07, 6.45) is 8.33. The second-order valence-corrected chi connectivity index (χ2v) is 8.39. The fraction of sp³-hybridized carbons (Fsp3) is 0.417. The van der Waals surface area contributed by atoms with Crippen LogP contribution in [0.5, 0.6) is 0 Å². The van der Waals surface area contributed by atoms with Crippen molar-refractivity contribution in [3.63, 3.8) is 0 Å². The van der Waals surface area contributed by atoms with E-state index in [1.165, 1.54) is 14.2 Å². The number of allylic oxidation sites excluding steroid dienone is 1. The number of carbonyl (C=O) groups is 2. The van der Waals surface area contributed by atoms with Crippen molar-refractivity contribution in [2.45, 2.75) is 19.4 Å². The minimum atomic E-state index is -0.391. The van der Waals surface area contributed by atoms with Crippen molar-refractivity contribution < 1.29 is 24.2 Å². The van der Waals surface area contributed by atoms with Crippen LogP contribution in [0.15, 0.2) is 41.9 Å². The molecule has 0 spiro atoms. The summed E-state index contributed by atoms with van der Waals surface area (Å²) in [5.74, 6) is -0.919. The number of aromatic nitrogens is 1. The molecule has 0 fully saturated rings. The van der Waals surface area contributed by atoms with Gasteiger partial charge in [0, 0.05) is 55.7 Å². The normalized spacial score (nSPS) is 22.8. The third-order valence-corrected chi connectivity index (χ3v) is 6.63. The maximum atomic E-state index is 12.7. The third kappa shape index (κ3) is 3.24. The summed E-state index contributed by atoms with van der Waals surface area (Å²) in [5, 5.41) is 10.1. The number of aryl methyl sites for hydroxylation is 2. The molecule has 7 nitrogen and oxygen atoms in total. The van der Waals surface area contributed by atoms with Crippen LogP contribution in [0.2, 0.25) is 0 Å². The molecule has 0 aromatic carbocycles. The highest BCUT2D eigenvalue weighted by molar-refractivity contribution is 5.99. The molecule has 0 amide bonds. The van der Waals surface area contributed by atoms with E-state index in [-0.39, 0.29) is 30.5 Å². The van der Waals surface area contributed by atoms with Crippen LogP contribution in [0.1, 0.15) is 33.9 Å². The average molecular weight is 424 g/mol. The fourth-order valence-electron chi connectivity index (χ4n) is 5.33. The number of esters is 2. The largest absolute Gasteiger partial charge is 0.466 e. The number of ether oxygens (including phenoxy) is 2. The van der Waals surface area contributed by atoms with E-state index in [0.29, 0.717) is 17.6 Å². The monoisotopic (exact) mass is 424 g/mol. The maximum Gasteiger partial charge on any atom is 0.339 e. The molecule has 7 heteroatoms. The Balaban J connectivity index is 1.94. The molecular formula is C24H28N2O5. The molecule has 0 radical (unpaired) electrons. The molecule has 3 atom stereocenters. The molecule has 4 rings (SSSR count). The number of methoxy groups -OCH3 is 2. The molecule has 4 aliphatic rings. The van der Waals surface area contributed by atoms with Gasteiger partial charge in [-0.15, -0.1) is 0 Å². The minimum Gasteiger partial charge on any atom is -0.466 e. The minimum absolute atomic E-state index is 0.0730. The van der Waals surface area contributed by atoms with Gasteiger partial charge < -0.3 is 24.0 Å². The lowest BCUT2D eigenvalue weighted by Crippen LogP contribution is -2.38. The first kappa shape index (κ1) is 21.2. The lowest BCUT2D eigenvalue weighted by molar-refractivity contribution is -0.137. The van der Waals surface area contributed by atoms with Crippen molar-refractivity contribution in [3.05, 3.63) is 58.6 Å². The zero-order chi connectivity index (χ0) is 22.4. The van der Waals surface area contributed by atoms with Crippen LogP contribution >= 0.6 is 0 Å². The summed E-state index contributed by atoms with van der Waals surface area (Å²) in [7, 11) is 6.58. The van der Waals surface area contributed by atoms with Gasteiger partial charge in [-0.2, -0.15) is 0 Å². The van der Waals surface area contributed by atoms with Crippen LogP contribution in [-0.4, -0.2) is 54.4 Å². The van der Waals surface area contributed by atoms with Gasteiger partial charge >= 0.3 is 11.9 Å². The van der Waals surface area contributed by atoms with Crippen LogP contribution in [0.4, 0.5) is 0 Å². The zero-order valence-electron chi connectivity index (χ0n) is 18.5. The van der Waals surface area contributed by atoms with E-state index in [1.807, 2.05) is 49.0 Å². The molecule has 0 aromatic heterocycles. The van der Waals surface area contributed by atoms with Gasteiger partial charge in [0.05, 0.1) is 38.0 Å². The molecule has 0 saturated carbocycles.